The number of hydrogen-bond acceptors (Lipinski definition) is 5. The fraction of sp³-hybridized carbons (Fsp3) is 0.692. The zero-order valence-electron chi connectivity index (χ0n) is 19.7. The molecule has 4 aliphatic rings. The minimum atomic E-state index is -2.19. The summed E-state index contributed by atoms with van der Waals surface area (Å²) in [7, 11) is 0. The number of halogens is 2. The van der Waals surface area contributed by atoms with E-state index < -0.39 is 51.5 Å². The number of ether oxygens (including phenoxy) is 1. The first-order valence-corrected chi connectivity index (χ1v) is 12.4. The summed E-state index contributed by atoms with van der Waals surface area (Å²) in [4.78, 5) is 51.7. The van der Waals surface area contributed by atoms with Crippen LogP contribution in [0.1, 0.15) is 66.2 Å². The Morgan fingerprint density at radius 1 is 1.24 bits per heavy atom. The molecule has 3 fully saturated rings. The molecule has 7 heteroatoms. The Hall–Kier alpha value is -1.82. The Morgan fingerprint density at radius 3 is 2.58 bits per heavy atom. The molecule has 0 bridgehead atoms. The lowest BCUT2D eigenvalue weighted by atomic mass is 9.45. The van der Waals surface area contributed by atoms with Crippen LogP contribution in [0.2, 0.25) is 0 Å². The van der Waals surface area contributed by atoms with E-state index >= 15 is 4.39 Å². The molecule has 0 aliphatic heterocycles. The number of ketones is 3. The molecule has 4 aliphatic carbocycles. The van der Waals surface area contributed by atoms with Gasteiger partial charge in [-0.15, -0.1) is 11.6 Å². The molecule has 7 atom stereocenters. The fourth-order valence-electron chi connectivity index (χ4n) is 7.66. The number of carbonyl (C=O) groups excluding carboxylic acids is 4. The molecule has 5 nitrogen and oxygen atoms in total. The standard InChI is InChI=1S/C26H32ClFO5/c1-5-6-22(32)33-26(21(31)14-27)15(2)11-19-18-8-7-16-12-17(29)9-10-23(16,3)25(18,28)20(30)13-24(19,26)4/h9-10,12,15,18-19H,5-8,11,13-14H2,1-4H3/t15-,18+,19-,23+,24+,25+,26+/m1/s1. The third-order valence-corrected chi connectivity index (χ3v) is 9.45. The van der Waals surface area contributed by atoms with Gasteiger partial charge in [-0.2, -0.15) is 0 Å². The zero-order chi connectivity index (χ0) is 24.4. The van der Waals surface area contributed by atoms with Crippen molar-refractivity contribution in [1.29, 1.82) is 0 Å². The maximum Gasteiger partial charge on any atom is 0.306 e. The molecule has 180 valence electrons. The van der Waals surface area contributed by atoms with E-state index in [0.717, 1.165) is 0 Å². The van der Waals surface area contributed by atoms with E-state index in [-0.39, 0.29) is 30.4 Å². The number of fused-ring (bicyclic) bond motifs is 5. The van der Waals surface area contributed by atoms with E-state index in [2.05, 4.69) is 0 Å². The van der Waals surface area contributed by atoms with Crippen LogP contribution in [0.3, 0.4) is 0 Å². The van der Waals surface area contributed by atoms with Crippen LogP contribution in [0, 0.1) is 28.6 Å². The maximum absolute atomic E-state index is 17.1. The predicted octanol–water partition coefficient (Wildman–Crippen LogP) is 4.70. The molecular weight excluding hydrogens is 447 g/mol. The number of rotatable bonds is 5. The van der Waals surface area contributed by atoms with Crippen LogP contribution < -0.4 is 0 Å². The highest BCUT2D eigenvalue weighted by atomic mass is 35.5. The van der Waals surface area contributed by atoms with E-state index in [1.807, 2.05) is 13.8 Å². The quantitative estimate of drug-likeness (QED) is 0.422. The topological polar surface area (TPSA) is 77.5 Å². The van der Waals surface area contributed by atoms with Crippen molar-refractivity contribution in [2.45, 2.75) is 77.5 Å². The highest BCUT2D eigenvalue weighted by Gasteiger charge is 2.77. The molecule has 0 radical (unpaired) electrons. The first-order chi connectivity index (χ1) is 15.4. The van der Waals surface area contributed by atoms with Gasteiger partial charge in [0.2, 0.25) is 0 Å². The second kappa shape index (κ2) is 7.86. The van der Waals surface area contributed by atoms with E-state index in [1.165, 1.54) is 12.2 Å². The third kappa shape index (κ3) is 2.95. The summed E-state index contributed by atoms with van der Waals surface area (Å²) in [5.41, 5.74) is -5.35. The van der Waals surface area contributed by atoms with Gasteiger partial charge in [0.15, 0.2) is 28.6 Å². The van der Waals surface area contributed by atoms with Gasteiger partial charge in [-0.05, 0) is 50.7 Å². The molecule has 4 rings (SSSR count). The summed E-state index contributed by atoms with van der Waals surface area (Å²) < 4.78 is 23.1. The van der Waals surface area contributed by atoms with Gasteiger partial charge in [-0.25, -0.2) is 4.39 Å². The summed E-state index contributed by atoms with van der Waals surface area (Å²) in [5, 5.41) is 0. The Labute approximate surface area is 199 Å². The summed E-state index contributed by atoms with van der Waals surface area (Å²) in [5.74, 6) is -3.45. The van der Waals surface area contributed by atoms with Crippen LogP contribution in [-0.4, -0.2) is 40.5 Å². The number of esters is 1. The lowest BCUT2D eigenvalue weighted by Gasteiger charge is -2.59. The zero-order valence-corrected chi connectivity index (χ0v) is 20.5. The number of hydrogen-bond donors (Lipinski definition) is 0. The minimum absolute atomic E-state index is 0.153. The van der Waals surface area contributed by atoms with Gasteiger partial charge in [-0.3, -0.25) is 19.2 Å². The predicted molar refractivity (Wildman–Crippen MR) is 121 cm³/mol. The summed E-state index contributed by atoms with van der Waals surface area (Å²) in [6.45, 7) is 7.19. The van der Waals surface area contributed by atoms with Crippen LogP contribution >= 0.6 is 11.6 Å². The van der Waals surface area contributed by atoms with Crippen molar-refractivity contribution in [1.82, 2.24) is 0 Å². The van der Waals surface area contributed by atoms with Crippen molar-refractivity contribution >= 4 is 34.9 Å². The normalized spacial score (nSPS) is 43.9. The van der Waals surface area contributed by atoms with Gasteiger partial charge in [0.05, 0.1) is 5.88 Å². The van der Waals surface area contributed by atoms with Crippen LogP contribution in [0.15, 0.2) is 23.8 Å². The van der Waals surface area contributed by atoms with Gasteiger partial charge in [0.1, 0.15) is 0 Å². The Bertz CT molecular complexity index is 987. The molecule has 0 aromatic rings. The molecule has 33 heavy (non-hydrogen) atoms. The second-order valence-electron chi connectivity index (χ2n) is 10.7. The monoisotopic (exact) mass is 478 g/mol. The Morgan fingerprint density at radius 2 is 1.94 bits per heavy atom. The first kappa shape index (κ1) is 24.3. The largest absolute Gasteiger partial charge is 0.450 e. The SMILES string of the molecule is CCCC(=O)O[C@]1(C(=O)CCl)[C@H](C)C[C@@H]2[C@@H]3CCC4=CC(=O)C=C[C@]4(C)[C@@]3(F)C(=O)C[C@@]21C. The molecule has 3 saturated carbocycles. The number of alkyl halides is 2. The fourth-order valence-corrected chi connectivity index (χ4v) is 7.86. The maximum atomic E-state index is 17.1. The highest BCUT2D eigenvalue weighted by Crippen LogP contribution is 2.70. The van der Waals surface area contributed by atoms with Crippen LogP contribution in [0.5, 0.6) is 0 Å². The first-order valence-electron chi connectivity index (χ1n) is 11.9. The van der Waals surface area contributed by atoms with Crippen LogP contribution in [0.4, 0.5) is 4.39 Å². The molecule has 0 amide bonds. The number of Topliss-reactive ketones (excluding diaryl/α,β-unsaturated/α-hetero) is 2. The minimum Gasteiger partial charge on any atom is -0.450 e. The molecule has 0 saturated heterocycles. The second-order valence-corrected chi connectivity index (χ2v) is 11.0. The van der Waals surface area contributed by atoms with E-state index in [4.69, 9.17) is 16.3 Å². The van der Waals surface area contributed by atoms with Gasteiger partial charge < -0.3 is 4.74 Å². The summed E-state index contributed by atoms with van der Waals surface area (Å²) in [6.07, 6.45) is 6.21. The molecular formula is C26H32ClFO5. The van der Waals surface area contributed by atoms with Crippen molar-refractivity contribution in [3.63, 3.8) is 0 Å². The summed E-state index contributed by atoms with van der Waals surface area (Å²) in [6, 6.07) is 0. The van der Waals surface area contributed by atoms with Crippen molar-refractivity contribution in [3.8, 4) is 0 Å². The molecule has 0 heterocycles. The van der Waals surface area contributed by atoms with Crippen molar-refractivity contribution in [2.24, 2.45) is 28.6 Å². The average Bonchev–Trinajstić information content (AvgIpc) is 2.97. The molecule has 0 aromatic carbocycles. The lowest BCUT2D eigenvalue weighted by Crippen LogP contribution is -2.68. The molecule has 0 N–H and O–H groups in total. The average molecular weight is 479 g/mol. The number of carbonyl (C=O) groups is 4. The lowest BCUT2D eigenvalue weighted by molar-refractivity contribution is -0.201. The molecule has 0 aromatic heterocycles. The Kier molecular flexibility index (Phi) is 5.79. The van der Waals surface area contributed by atoms with Gasteiger partial charge in [0.25, 0.3) is 0 Å². The third-order valence-electron chi connectivity index (χ3n) is 9.21. The highest BCUT2D eigenvalue weighted by molar-refractivity contribution is 6.29. The molecule has 0 spiro atoms. The van der Waals surface area contributed by atoms with E-state index in [9.17, 15) is 19.2 Å². The van der Waals surface area contributed by atoms with Crippen molar-refractivity contribution in [3.05, 3.63) is 23.8 Å². The van der Waals surface area contributed by atoms with Gasteiger partial charge >= 0.3 is 5.97 Å². The van der Waals surface area contributed by atoms with E-state index in [1.54, 1.807) is 19.9 Å². The smallest absolute Gasteiger partial charge is 0.306 e. The molecule has 0 unspecified atom stereocenters. The van der Waals surface area contributed by atoms with Crippen LogP contribution in [-0.2, 0) is 23.9 Å². The Balaban J connectivity index is 1.84. The van der Waals surface area contributed by atoms with Crippen LogP contribution in [0.25, 0.3) is 0 Å². The van der Waals surface area contributed by atoms with Gasteiger partial charge in [-0.1, -0.05) is 32.4 Å². The van der Waals surface area contributed by atoms with E-state index in [0.29, 0.717) is 31.3 Å². The summed E-state index contributed by atoms with van der Waals surface area (Å²) >= 11 is 6.02. The van der Waals surface area contributed by atoms with Crippen molar-refractivity contribution < 1.29 is 28.3 Å². The number of allylic oxidation sites excluding steroid dienone is 4. The van der Waals surface area contributed by atoms with Gasteiger partial charge in [0, 0.05) is 35.5 Å². The van der Waals surface area contributed by atoms with Crippen molar-refractivity contribution in [2.75, 3.05) is 5.88 Å².